The Morgan fingerprint density at radius 1 is 0.971 bits per heavy atom. The summed E-state index contributed by atoms with van der Waals surface area (Å²) in [4.78, 5) is 26.4. The number of ketones is 1. The molecular formula is C27H26N2O6. The molecule has 2 aliphatic rings. The molecule has 2 aliphatic heterocycles. The number of esters is 1. The van der Waals surface area contributed by atoms with Gasteiger partial charge >= 0.3 is 5.97 Å². The minimum absolute atomic E-state index is 0.0509. The summed E-state index contributed by atoms with van der Waals surface area (Å²) in [6.45, 7) is 0.568. The number of carbonyl (C=O) groups excluding carboxylic acids is 2. The van der Waals surface area contributed by atoms with Crippen LogP contribution in [0.5, 0.6) is 23.0 Å². The van der Waals surface area contributed by atoms with Gasteiger partial charge in [0, 0.05) is 22.8 Å². The van der Waals surface area contributed by atoms with E-state index in [0.717, 1.165) is 12.8 Å². The molecule has 0 amide bonds. The van der Waals surface area contributed by atoms with Crippen LogP contribution in [0.1, 0.15) is 63.1 Å². The van der Waals surface area contributed by atoms with Crippen LogP contribution in [0.2, 0.25) is 0 Å². The maximum absolute atomic E-state index is 13.4. The van der Waals surface area contributed by atoms with Crippen molar-refractivity contribution in [2.45, 2.75) is 37.3 Å². The maximum Gasteiger partial charge on any atom is 0.340 e. The fourth-order valence-corrected chi connectivity index (χ4v) is 4.95. The maximum atomic E-state index is 13.4. The lowest BCUT2D eigenvalue weighted by Crippen LogP contribution is -2.35. The van der Waals surface area contributed by atoms with Crippen LogP contribution in [-0.2, 0) is 10.3 Å². The van der Waals surface area contributed by atoms with Gasteiger partial charge < -0.3 is 31.2 Å². The number of benzene rings is 3. The van der Waals surface area contributed by atoms with Gasteiger partial charge in [0.1, 0.15) is 28.6 Å². The van der Waals surface area contributed by atoms with Crippen molar-refractivity contribution in [3.05, 3.63) is 82.4 Å². The Hall–Kier alpha value is -3.88. The Bertz CT molecular complexity index is 1340. The van der Waals surface area contributed by atoms with Crippen molar-refractivity contribution in [3.8, 4) is 23.0 Å². The van der Waals surface area contributed by atoms with Crippen molar-refractivity contribution in [1.82, 2.24) is 0 Å². The van der Waals surface area contributed by atoms with Crippen molar-refractivity contribution < 1.29 is 29.3 Å². The first-order valence-corrected chi connectivity index (χ1v) is 11.6. The molecule has 3 aromatic carbocycles. The number of rotatable bonds is 7. The van der Waals surface area contributed by atoms with E-state index in [9.17, 15) is 19.8 Å². The highest BCUT2D eigenvalue weighted by atomic mass is 16.6. The van der Waals surface area contributed by atoms with E-state index in [1.807, 2.05) is 0 Å². The van der Waals surface area contributed by atoms with Crippen LogP contribution >= 0.6 is 0 Å². The first-order chi connectivity index (χ1) is 16.9. The molecule has 5 rings (SSSR count). The van der Waals surface area contributed by atoms with Crippen molar-refractivity contribution in [2.75, 3.05) is 6.54 Å². The van der Waals surface area contributed by atoms with Crippen LogP contribution in [0.3, 0.4) is 0 Å². The van der Waals surface area contributed by atoms with Gasteiger partial charge in [-0.2, -0.15) is 0 Å². The summed E-state index contributed by atoms with van der Waals surface area (Å²) < 4.78 is 12.2. The van der Waals surface area contributed by atoms with Crippen molar-refractivity contribution in [1.29, 1.82) is 0 Å². The van der Waals surface area contributed by atoms with Crippen LogP contribution < -0.4 is 16.2 Å². The van der Waals surface area contributed by atoms with Crippen LogP contribution in [-0.4, -0.2) is 34.6 Å². The molecule has 2 heterocycles. The van der Waals surface area contributed by atoms with Gasteiger partial charge in [-0.1, -0.05) is 31.0 Å². The largest absolute Gasteiger partial charge is 0.508 e. The van der Waals surface area contributed by atoms with Crippen molar-refractivity contribution in [2.24, 2.45) is 11.5 Å². The van der Waals surface area contributed by atoms with Crippen LogP contribution in [0.25, 0.3) is 0 Å². The summed E-state index contributed by atoms with van der Waals surface area (Å²) in [5, 5.41) is 20.9. The number of hydrogen-bond donors (Lipinski definition) is 4. The molecule has 0 aliphatic carbocycles. The minimum Gasteiger partial charge on any atom is -0.508 e. The average Bonchev–Trinajstić information content (AvgIpc) is 3.14. The molecule has 0 aromatic heterocycles. The fourth-order valence-electron chi connectivity index (χ4n) is 4.95. The summed E-state index contributed by atoms with van der Waals surface area (Å²) in [6, 6.07) is 13.6. The second-order valence-corrected chi connectivity index (χ2v) is 8.84. The highest BCUT2D eigenvalue weighted by molar-refractivity contribution is 6.06. The zero-order chi connectivity index (χ0) is 24.7. The molecule has 0 radical (unpaired) electrons. The van der Waals surface area contributed by atoms with E-state index in [1.54, 1.807) is 36.4 Å². The number of hydrogen-bond acceptors (Lipinski definition) is 8. The highest BCUT2D eigenvalue weighted by Gasteiger charge is 2.54. The predicted molar refractivity (Wildman–Crippen MR) is 128 cm³/mol. The van der Waals surface area contributed by atoms with Gasteiger partial charge in [0.25, 0.3) is 0 Å². The van der Waals surface area contributed by atoms with Gasteiger partial charge in [0.05, 0.1) is 11.6 Å². The van der Waals surface area contributed by atoms with E-state index in [4.69, 9.17) is 20.9 Å². The number of Topliss-reactive ketones (excluding diaryl/α,β-unsaturated/α-hetero) is 1. The van der Waals surface area contributed by atoms with Crippen molar-refractivity contribution in [3.63, 3.8) is 0 Å². The molecule has 2 unspecified atom stereocenters. The molecule has 2 atom stereocenters. The van der Waals surface area contributed by atoms with E-state index < -0.39 is 23.4 Å². The molecule has 8 heteroatoms. The molecule has 0 bridgehead atoms. The number of nitrogens with two attached hydrogens (primary N) is 2. The average molecular weight is 475 g/mol. The third-order valence-corrected chi connectivity index (χ3v) is 6.65. The zero-order valence-electron chi connectivity index (χ0n) is 19.0. The van der Waals surface area contributed by atoms with Gasteiger partial charge in [-0.05, 0) is 49.7 Å². The minimum atomic E-state index is -1.42. The number of unbranched alkanes of at least 4 members (excludes halogenated alkanes) is 2. The number of phenolic OH excluding ortho intramolecular Hbond substituents is 2. The van der Waals surface area contributed by atoms with Gasteiger partial charge in [-0.15, -0.1) is 0 Å². The second kappa shape index (κ2) is 8.72. The van der Waals surface area contributed by atoms with Crippen LogP contribution in [0.4, 0.5) is 0 Å². The standard InChI is InChI=1S/C27H26N2O6/c28-13-5-1-2-8-20(29)24(32)23-21(31)12-11-19-25(23)34-22-14-15(30)9-10-18(22)27(19)17-7-4-3-6-16(17)26(33)35-27/h3-4,6-7,9-12,14,20,30-31H,1-2,5,8,13,28-29H2. The molecule has 8 nitrogen and oxygen atoms in total. The number of aromatic hydroxyl groups is 2. The zero-order valence-corrected chi connectivity index (χ0v) is 19.0. The molecule has 0 saturated heterocycles. The highest BCUT2D eigenvalue weighted by Crippen LogP contribution is 2.58. The van der Waals surface area contributed by atoms with Gasteiger partial charge in [0.2, 0.25) is 0 Å². The Kier molecular flexibility index (Phi) is 5.70. The normalized spacial score (nSPS) is 18.3. The fraction of sp³-hybridized carbons (Fsp3) is 0.259. The van der Waals surface area contributed by atoms with E-state index in [0.29, 0.717) is 41.6 Å². The molecule has 0 fully saturated rings. The number of phenols is 2. The second-order valence-electron chi connectivity index (χ2n) is 8.84. The monoisotopic (exact) mass is 474 g/mol. The summed E-state index contributed by atoms with van der Waals surface area (Å²) in [7, 11) is 0. The molecule has 6 N–H and O–H groups in total. The van der Waals surface area contributed by atoms with Crippen molar-refractivity contribution >= 4 is 11.8 Å². The van der Waals surface area contributed by atoms with E-state index in [-0.39, 0.29) is 28.6 Å². The Morgan fingerprint density at radius 3 is 2.54 bits per heavy atom. The summed E-state index contributed by atoms with van der Waals surface area (Å²) >= 11 is 0. The molecule has 3 aromatic rings. The molecule has 35 heavy (non-hydrogen) atoms. The van der Waals surface area contributed by atoms with E-state index in [2.05, 4.69) is 0 Å². The molecular weight excluding hydrogens is 448 g/mol. The third-order valence-electron chi connectivity index (χ3n) is 6.65. The SMILES string of the molecule is NCCCCCC(N)C(=O)c1c(O)ccc2c1Oc1cc(O)ccc1C21OC(=O)c2ccccc21. The van der Waals surface area contributed by atoms with Gasteiger partial charge in [-0.3, -0.25) is 4.79 Å². The topological polar surface area (TPSA) is 145 Å². The lowest BCUT2D eigenvalue weighted by molar-refractivity contribution is 0.0224. The Labute approximate surface area is 202 Å². The van der Waals surface area contributed by atoms with Crippen LogP contribution in [0, 0.1) is 0 Å². The summed E-state index contributed by atoms with van der Waals surface area (Å²) in [6.07, 6.45) is 2.81. The molecule has 180 valence electrons. The quantitative estimate of drug-likeness (QED) is 0.230. The van der Waals surface area contributed by atoms with E-state index in [1.165, 1.54) is 18.2 Å². The lowest BCUT2D eigenvalue weighted by Gasteiger charge is -2.37. The summed E-state index contributed by atoms with van der Waals surface area (Å²) in [5.74, 6) is -1.10. The Balaban J connectivity index is 1.69. The predicted octanol–water partition coefficient (Wildman–Crippen LogP) is 3.69. The summed E-state index contributed by atoms with van der Waals surface area (Å²) in [5.41, 5.74) is 12.1. The lowest BCUT2D eigenvalue weighted by atomic mass is 9.76. The first-order valence-electron chi connectivity index (χ1n) is 11.6. The smallest absolute Gasteiger partial charge is 0.340 e. The molecule has 1 spiro atoms. The molecule has 0 saturated carbocycles. The first kappa shape index (κ1) is 22.9. The Morgan fingerprint density at radius 2 is 1.74 bits per heavy atom. The number of ether oxygens (including phenoxy) is 2. The van der Waals surface area contributed by atoms with Crippen LogP contribution in [0.15, 0.2) is 54.6 Å². The third kappa shape index (κ3) is 3.53. The van der Waals surface area contributed by atoms with E-state index >= 15 is 0 Å². The number of carbonyl (C=O) groups is 2. The number of fused-ring (bicyclic) bond motifs is 6. The van der Waals surface area contributed by atoms with Gasteiger partial charge in [-0.25, -0.2) is 4.79 Å². The van der Waals surface area contributed by atoms with Gasteiger partial charge in [0.15, 0.2) is 11.4 Å².